The van der Waals surface area contributed by atoms with Gasteiger partial charge in [-0.25, -0.2) is 13.1 Å². The zero-order valence-electron chi connectivity index (χ0n) is 9.76. The smallest absolute Gasteiger partial charge is 0.246 e. The first-order valence-electron chi connectivity index (χ1n) is 5.40. The SMILES string of the molecule is O=c1cc[nH]cc1S(=O)(=O)NCc1cccc(Cl)c1. The van der Waals surface area contributed by atoms with E-state index < -0.39 is 15.5 Å². The van der Waals surface area contributed by atoms with Gasteiger partial charge in [-0.1, -0.05) is 23.7 Å². The van der Waals surface area contributed by atoms with Crippen molar-refractivity contribution in [3.63, 3.8) is 0 Å². The minimum Gasteiger partial charge on any atom is -0.366 e. The fourth-order valence-corrected chi connectivity index (χ4v) is 2.80. The summed E-state index contributed by atoms with van der Waals surface area (Å²) in [6, 6.07) is 7.97. The Hall–Kier alpha value is -1.63. The first-order chi connectivity index (χ1) is 8.99. The number of pyridine rings is 1. The third kappa shape index (κ3) is 3.44. The van der Waals surface area contributed by atoms with Gasteiger partial charge in [0.1, 0.15) is 4.90 Å². The van der Waals surface area contributed by atoms with Crippen molar-refractivity contribution in [2.24, 2.45) is 0 Å². The molecule has 0 atom stereocenters. The molecule has 0 aliphatic carbocycles. The Kier molecular flexibility index (Phi) is 4.04. The molecule has 0 amide bonds. The third-order valence-corrected chi connectivity index (χ3v) is 4.09. The summed E-state index contributed by atoms with van der Waals surface area (Å²) in [7, 11) is -3.84. The van der Waals surface area contributed by atoms with Crippen molar-refractivity contribution >= 4 is 21.6 Å². The second kappa shape index (κ2) is 5.56. The number of rotatable bonds is 4. The highest BCUT2D eigenvalue weighted by Gasteiger charge is 2.16. The molecule has 1 heterocycles. The number of aromatic amines is 1. The number of sulfonamides is 1. The molecule has 0 saturated heterocycles. The number of hydrogen-bond donors (Lipinski definition) is 2. The van der Waals surface area contributed by atoms with Crippen LogP contribution in [0.4, 0.5) is 0 Å². The Morgan fingerprint density at radius 3 is 2.74 bits per heavy atom. The minimum atomic E-state index is -3.84. The molecular formula is C12H11ClN2O3S. The third-order valence-electron chi connectivity index (χ3n) is 2.43. The van der Waals surface area contributed by atoms with Gasteiger partial charge in [0.25, 0.3) is 0 Å². The van der Waals surface area contributed by atoms with Crippen LogP contribution in [0.1, 0.15) is 5.56 Å². The second-order valence-corrected chi connectivity index (χ2v) is 6.00. The average Bonchev–Trinajstić information content (AvgIpc) is 2.37. The number of halogens is 1. The van der Waals surface area contributed by atoms with Crippen LogP contribution in [0, 0.1) is 0 Å². The Bertz CT molecular complexity index is 740. The van der Waals surface area contributed by atoms with Crippen LogP contribution in [0.15, 0.2) is 52.4 Å². The van der Waals surface area contributed by atoms with Gasteiger partial charge >= 0.3 is 0 Å². The van der Waals surface area contributed by atoms with E-state index in [2.05, 4.69) is 9.71 Å². The fourth-order valence-electron chi connectivity index (χ4n) is 1.51. The van der Waals surface area contributed by atoms with E-state index in [0.717, 1.165) is 12.3 Å². The lowest BCUT2D eigenvalue weighted by Gasteiger charge is -2.06. The van der Waals surface area contributed by atoms with Crippen molar-refractivity contribution in [3.05, 3.63) is 63.5 Å². The number of hydrogen-bond acceptors (Lipinski definition) is 3. The highest BCUT2D eigenvalue weighted by Crippen LogP contribution is 2.11. The normalized spacial score (nSPS) is 11.4. The van der Waals surface area contributed by atoms with Crippen LogP contribution < -0.4 is 10.2 Å². The van der Waals surface area contributed by atoms with Crippen LogP contribution in [-0.4, -0.2) is 13.4 Å². The maximum atomic E-state index is 11.9. The van der Waals surface area contributed by atoms with Crippen molar-refractivity contribution < 1.29 is 8.42 Å². The second-order valence-electron chi connectivity index (χ2n) is 3.83. The Labute approximate surface area is 115 Å². The van der Waals surface area contributed by atoms with Gasteiger partial charge in [0.2, 0.25) is 15.5 Å². The molecule has 2 rings (SSSR count). The van der Waals surface area contributed by atoms with Crippen molar-refractivity contribution in [2.45, 2.75) is 11.4 Å². The molecule has 0 saturated carbocycles. The number of aromatic nitrogens is 1. The van der Waals surface area contributed by atoms with E-state index in [1.807, 2.05) is 0 Å². The summed E-state index contributed by atoms with van der Waals surface area (Å²) in [5, 5.41) is 0.522. The summed E-state index contributed by atoms with van der Waals surface area (Å²) in [5.74, 6) is 0. The molecule has 0 aliphatic heterocycles. The molecule has 0 unspecified atom stereocenters. The first-order valence-corrected chi connectivity index (χ1v) is 7.26. The summed E-state index contributed by atoms with van der Waals surface area (Å²) >= 11 is 5.80. The summed E-state index contributed by atoms with van der Waals surface area (Å²) in [6.07, 6.45) is 2.53. The van der Waals surface area contributed by atoms with Crippen LogP contribution in [-0.2, 0) is 16.6 Å². The largest absolute Gasteiger partial charge is 0.366 e. The molecule has 100 valence electrons. The topological polar surface area (TPSA) is 79.0 Å². The van der Waals surface area contributed by atoms with Gasteiger partial charge in [0.15, 0.2) is 0 Å². The lowest BCUT2D eigenvalue weighted by atomic mass is 10.2. The van der Waals surface area contributed by atoms with E-state index in [0.29, 0.717) is 10.6 Å². The van der Waals surface area contributed by atoms with Gasteiger partial charge in [0, 0.05) is 30.0 Å². The van der Waals surface area contributed by atoms with Crippen LogP contribution in [0.25, 0.3) is 0 Å². The quantitative estimate of drug-likeness (QED) is 0.898. The van der Waals surface area contributed by atoms with Crippen molar-refractivity contribution in [1.29, 1.82) is 0 Å². The molecule has 5 nitrogen and oxygen atoms in total. The van der Waals surface area contributed by atoms with Crippen LogP contribution in [0.5, 0.6) is 0 Å². The molecule has 0 fully saturated rings. The number of H-pyrrole nitrogens is 1. The van der Waals surface area contributed by atoms with Crippen molar-refractivity contribution in [3.8, 4) is 0 Å². The zero-order chi connectivity index (χ0) is 13.9. The Morgan fingerprint density at radius 1 is 1.26 bits per heavy atom. The summed E-state index contributed by atoms with van der Waals surface area (Å²) in [5.41, 5.74) is 0.153. The molecule has 1 aromatic heterocycles. The van der Waals surface area contributed by atoms with Crippen LogP contribution >= 0.6 is 11.6 Å². The predicted octanol–water partition coefficient (Wildman–Crippen LogP) is 1.51. The summed E-state index contributed by atoms with van der Waals surface area (Å²) in [4.78, 5) is 13.7. The molecule has 0 bridgehead atoms. The summed E-state index contributed by atoms with van der Waals surface area (Å²) < 4.78 is 26.2. The molecule has 2 N–H and O–H groups in total. The van der Waals surface area contributed by atoms with Gasteiger partial charge in [-0.15, -0.1) is 0 Å². The highest BCUT2D eigenvalue weighted by molar-refractivity contribution is 7.89. The molecule has 2 aromatic rings. The van der Waals surface area contributed by atoms with Crippen molar-refractivity contribution in [1.82, 2.24) is 9.71 Å². The fraction of sp³-hybridized carbons (Fsp3) is 0.0833. The average molecular weight is 299 g/mol. The van der Waals surface area contributed by atoms with E-state index in [4.69, 9.17) is 11.6 Å². The standard InChI is InChI=1S/C12H11ClN2O3S/c13-10-3-1-2-9(6-10)7-15-19(17,18)12-8-14-5-4-11(12)16/h1-6,8,15H,7H2,(H,14,16). The van der Waals surface area contributed by atoms with Gasteiger partial charge in [-0.3, -0.25) is 4.79 Å². The molecule has 19 heavy (non-hydrogen) atoms. The van der Waals surface area contributed by atoms with Gasteiger partial charge in [0.05, 0.1) is 0 Å². The number of nitrogens with one attached hydrogen (secondary N) is 2. The Morgan fingerprint density at radius 2 is 2.05 bits per heavy atom. The highest BCUT2D eigenvalue weighted by atomic mass is 35.5. The van der Waals surface area contributed by atoms with Crippen LogP contribution in [0.3, 0.4) is 0 Å². The lowest BCUT2D eigenvalue weighted by Crippen LogP contribution is -2.27. The van der Waals surface area contributed by atoms with Gasteiger partial charge < -0.3 is 4.98 Å². The maximum Gasteiger partial charge on any atom is 0.246 e. The maximum absolute atomic E-state index is 11.9. The van der Waals surface area contributed by atoms with Gasteiger partial charge in [-0.2, -0.15) is 0 Å². The van der Waals surface area contributed by atoms with Crippen LogP contribution in [0.2, 0.25) is 5.02 Å². The molecule has 0 radical (unpaired) electrons. The molecule has 7 heteroatoms. The van der Waals surface area contributed by atoms with E-state index in [-0.39, 0.29) is 11.4 Å². The van der Waals surface area contributed by atoms with Crippen molar-refractivity contribution in [2.75, 3.05) is 0 Å². The lowest BCUT2D eigenvalue weighted by molar-refractivity contribution is 0.580. The molecule has 1 aromatic carbocycles. The first kappa shape index (κ1) is 13.8. The minimum absolute atomic E-state index is 0.0667. The Balaban J connectivity index is 2.19. The van der Waals surface area contributed by atoms with E-state index in [9.17, 15) is 13.2 Å². The van der Waals surface area contributed by atoms with E-state index >= 15 is 0 Å². The monoisotopic (exact) mass is 298 g/mol. The summed E-state index contributed by atoms with van der Waals surface area (Å²) in [6.45, 7) is 0.0667. The van der Waals surface area contributed by atoms with Gasteiger partial charge in [-0.05, 0) is 17.7 Å². The van der Waals surface area contributed by atoms with E-state index in [1.165, 1.54) is 6.20 Å². The zero-order valence-corrected chi connectivity index (χ0v) is 11.3. The molecule has 0 spiro atoms. The predicted molar refractivity (Wildman–Crippen MR) is 72.5 cm³/mol. The molecular weight excluding hydrogens is 288 g/mol. The number of benzene rings is 1. The van der Waals surface area contributed by atoms with E-state index in [1.54, 1.807) is 24.3 Å². The molecule has 0 aliphatic rings.